The molecule has 0 aliphatic rings. The Balaban J connectivity index is 2.21. The molecular weight excluding hydrogens is 329 g/mol. The summed E-state index contributed by atoms with van der Waals surface area (Å²) in [6.07, 6.45) is 0. The molecule has 0 spiro atoms. The molecule has 0 aliphatic heterocycles. The minimum Gasteiger partial charge on any atom is -0.378 e. The van der Waals surface area contributed by atoms with Crippen LogP contribution in [0.4, 0.5) is 5.00 Å². The number of anilines is 1. The molecular formula is C14H15Cl2N3OS. The van der Waals surface area contributed by atoms with E-state index in [1.807, 2.05) is 19.9 Å². The number of aryl methyl sites for hydroxylation is 1. The number of amides is 1. The van der Waals surface area contributed by atoms with E-state index >= 15 is 0 Å². The highest BCUT2D eigenvalue weighted by Crippen LogP contribution is 2.28. The predicted octanol–water partition coefficient (Wildman–Crippen LogP) is 4.29. The summed E-state index contributed by atoms with van der Waals surface area (Å²) in [5, 5.41) is 7.76. The van der Waals surface area contributed by atoms with Gasteiger partial charge in [0.2, 0.25) is 0 Å². The minimum atomic E-state index is -0.230. The molecule has 2 aromatic rings. The molecule has 0 saturated heterocycles. The fourth-order valence-corrected chi connectivity index (χ4v) is 3.32. The summed E-state index contributed by atoms with van der Waals surface area (Å²) in [6.45, 7) is 3.69. The average molecular weight is 344 g/mol. The second-order valence-electron chi connectivity index (χ2n) is 4.58. The van der Waals surface area contributed by atoms with Gasteiger partial charge >= 0.3 is 0 Å². The van der Waals surface area contributed by atoms with Gasteiger partial charge in [-0.2, -0.15) is 4.37 Å². The van der Waals surface area contributed by atoms with E-state index in [0.717, 1.165) is 10.6 Å². The summed E-state index contributed by atoms with van der Waals surface area (Å²) in [5.41, 5.74) is 2.09. The standard InChI is InChI=1S/C14H15Cl2N3OS/c1-7(10-5-4-9(15)6-11(10)16)18-13(20)12-8(2)19-21-14(12)17-3/h4-7,17H,1-3H3,(H,18,20)/t7-/m1/s1. The van der Waals surface area contributed by atoms with Gasteiger partial charge in [-0.15, -0.1) is 0 Å². The maximum atomic E-state index is 12.4. The van der Waals surface area contributed by atoms with Crippen LogP contribution in [0, 0.1) is 6.92 Å². The van der Waals surface area contributed by atoms with Gasteiger partial charge in [-0.1, -0.05) is 29.3 Å². The van der Waals surface area contributed by atoms with Crippen molar-refractivity contribution in [1.29, 1.82) is 0 Å². The molecule has 0 radical (unpaired) electrons. The molecule has 2 N–H and O–H groups in total. The number of hydrogen-bond donors (Lipinski definition) is 2. The van der Waals surface area contributed by atoms with Crippen molar-refractivity contribution in [3.05, 3.63) is 45.1 Å². The molecule has 1 heterocycles. The van der Waals surface area contributed by atoms with Crippen molar-refractivity contribution in [2.24, 2.45) is 0 Å². The molecule has 21 heavy (non-hydrogen) atoms. The molecule has 1 aromatic carbocycles. The van der Waals surface area contributed by atoms with Crippen molar-refractivity contribution < 1.29 is 4.79 Å². The van der Waals surface area contributed by atoms with Crippen LogP contribution in [0.3, 0.4) is 0 Å². The smallest absolute Gasteiger partial charge is 0.256 e. The number of hydrogen-bond acceptors (Lipinski definition) is 4. The lowest BCUT2D eigenvalue weighted by Gasteiger charge is -2.16. The summed E-state index contributed by atoms with van der Waals surface area (Å²) in [6, 6.07) is 5.00. The molecule has 0 saturated carbocycles. The van der Waals surface area contributed by atoms with Gasteiger partial charge in [0.05, 0.1) is 17.3 Å². The largest absolute Gasteiger partial charge is 0.378 e. The number of carbonyl (C=O) groups is 1. The van der Waals surface area contributed by atoms with Crippen molar-refractivity contribution in [3.63, 3.8) is 0 Å². The van der Waals surface area contributed by atoms with E-state index in [2.05, 4.69) is 15.0 Å². The first-order valence-corrected chi connectivity index (χ1v) is 7.86. The summed E-state index contributed by atoms with van der Waals surface area (Å²) in [4.78, 5) is 12.4. The van der Waals surface area contributed by atoms with Gasteiger partial charge in [0.1, 0.15) is 5.00 Å². The zero-order valence-corrected chi connectivity index (χ0v) is 14.2. The number of aromatic nitrogens is 1. The van der Waals surface area contributed by atoms with Crippen LogP contribution in [0.1, 0.15) is 34.6 Å². The molecule has 1 aromatic heterocycles. The van der Waals surface area contributed by atoms with Crippen LogP contribution in [-0.2, 0) is 0 Å². The molecule has 112 valence electrons. The first kappa shape index (κ1) is 16.1. The highest BCUT2D eigenvalue weighted by atomic mass is 35.5. The maximum absolute atomic E-state index is 12.4. The van der Waals surface area contributed by atoms with Crippen molar-refractivity contribution in [1.82, 2.24) is 9.69 Å². The highest BCUT2D eigenvalue weighted by Gasteiger charge is 2.20. The third-order valence-electron chi connectivity index (χ3n) is 3.09. The molecule has 7 heteroatoms. The van der Waals surface area contributed by atoms with Crippen LogP contribution >= 0.6 is 34.7 Å². The normalized spacial score (nSPS) is 12.0. The topological polar surface area (TPSA) is 54.0 Å². The van der Waals surface area contributed by atoms with Gasteiger partial charge in [-0.25, -0.2) is 0 Å². The second-order valence-corrected chi connectivity index (χ2v) is 6.20. The molecule has 0 aliphatic carbocycles. The van der Waals surface area contributed by atoms with Crippen LogP contribution in [0.15, 0.2) is 18.2 Å². The minimum absolute atomic E-state index is 0.177. The zero-order valence-electron chi connectivity index (χ0n) is 11.8. The predicted molar refractivity (Wildman–Crippen MR) is 88.7 cm³/mol. The van der Waals surface area contributed by atoms with E-state index in [1.54, 1.807) is 19.2 Å². The Bertz CT molecular complexity index is 672. The number of halogens is 2. The lowest BCUT2D eigenvalue weighted by molar-refractivity contribution is 0.0940. The Hall–Kier alpha value is -1.30. The third kappa shape index (κ3) is 3.48. The molecule has 2 rings (SSSR count). The second kappa shape index (κ2) is 6.64. The van der Waals surface area contributed by atoms with Crippen LogP contribution in [0.25, 0.3) is 0 Å². The van der Waals surface area contributed by atoms with Crippen molar-refractivity contribution >= 4 is 45.6 Å². The molecule has 0 fully saturated rings. The molecule has 0 bridgehead atoms. The monoisotopic (exact) mass is 343 g/mol. The van der Waals surface area contributed by atoms with E-state index in [0.29, 0.717) is 21.3 Å². The van der Waals surface area contributed by atoms with Gasteiger partial charge in [0.25, 0.3) is 5.91 Å². The van der Waals surface area contributed by atoms with Crippen LogP contribution < -0.4 is 10.6 Å². The summed E-state index contributed by atoms with van der Waals surface area (Å²) in [7, 11) is 1.77. The molecule has 0 unspecified atom stereocenters. The Kier molecular flexibility index (Phi) is 5.08. The van der Waals surface area contributed by atoms with Gasteiger partial charge in [-0.05, 0) is 43.1 Å². The van der Waals surface area contributed by atoms with E-state index in [1.165, 1.54) is 11.5 Å². The lowest BCUT2D eigenvalue weighted by Crippen LogP contribution is -2.27. The summed E-state index contributed by atoms with van der Waals surface area (Å²) in [5.74, 6) is -0.177. The maximum Gasteiger partial charge on any atom is 0.256 e. The Morgan fingerprint density at radius 3 is 2.71 bits per heavy atom. The van der Waals surface area contributed by atoms with Gasteiger partial charge in [-0.3, -0.25) is 4.79 Å². The summed E-state index contributed by atoms with van der Waals surface area (Å²) >= 11 is 13.3. The summed E-state index contributed by atoms with van der Waals surface area (Å²) < 4.78 is 4.19. The number of nitrogens with zero attached hydrogens (tertiary/aromatic N) is 1. The van der Waals surface area contributed by atoms with E-state index in [9.17, 15) is 4.79 Å². The third-order valence-corrected chi connectivity index (χ3v) is 4.61. The van der Waals surface area contributed by atoms with E-state index in [-0.39, 0.29) is 11.9 Å². The average Bonchev–Trinajstić information content (AvgIpc) is 2.79. The van der Waals surface area contributed by atoms with E-state index < -0.39 is 0 Å². The first-order valence-electron chi connectivity index (χ1n) is 6.34. The Morgan fingerprint density at radius 1 is 1.38 bits per heavy atom. The van der Waals surface area contributed by atoms with Gasteiger partial charge < -0.3 is 10.6 Å². The number of benzene rings is 1. The molecule has 1 amide bonds. The molecule has 1 atom stereocenters. The first-order chi connectivity index (χ1) is 9.93. The lowest BCUT2D eigenvalue weighted by atomic mass is 10.1. The molecule has 4 nitrogen and oxygen atoms in total. The van der Waals surface area contributed by atoms with Gasteiger partial charge in [0, 0.05) is 17.1 Å². The highest BCUT2D eigenvalue weighted by molar-refractivity contribution is 7.10. The van der Waals surface area contributed by atoms with Crippen LogP contribution in [-0.4, -0.2) is 17.3 Å². The van der Waals surface area contributed by atoms with Gasteiger partial charge in [0.15, 0.2) is 0 Å². The van der Waals surface area contributed by atoms with Crippen molar-refractivity contribution in [2.45, 2.75) is 19.9 Å². The van der Waals surface area contributed by atoms with Crippen molar-refractivity contribution in [2.75, 3.05) is 12.4 Å². The Morgan fingerprint density at radius 2 is 2.10 bits per heavy atom. The SMILES string of the molecule is CNc1snc(C)c1C(=O)N[C@H](C)c1ccc(Cl)cc1Cl. The fraction of sp³-hybridized carbons (Fsp3) is 0.286. The zero-order chi connectivity index (χ0) is 15.6. The van der Waals surface area contributed by atoms with Crippen LogP contribution in [0.2, 0.25) is 10.0 Å². The fourth-order valence-electron chi connectivity index (χ4n) is 2.01. The quantitative estimate of drug-likeness (QED) is 0.870. The number of nitrogens with one attached hydrogen (secondary N) is 2. The van der Waals surface area contributed by atoms with E-state index in [4.69, 9.17) is 23.2 Å². The number of rotatable bonds is 4. The van der Waals surface area contributed by atoms with Crippen LogP contribution in [0.5, 0.6) is 0 Å². The Labute approximate surface area is 137 Å². The van der Waals surface area contributed by atoms with Crippen molar-refractivity contribution in [3.8, 4) is 0 Å². The number of carbonyl (C=O) groups excluding carboxylic acids is 1.